The van der Waals surface area contributed by atoms with Gasteiger partial charge in [0, 0.05) is 84.7 Å². The van der Waals surface area contributed by atoms with Crippen LogP contribution in [0.25, 0.3) is 0 Å². The number of hydrogen-bond donors (Lipinski definition) is 9. The molecule has 7 rings (SSSR count). The third-order valence-corrected chi connectivity index (χ3v) is 20.8. The van der Waals surface area contributed by atoms with Crippen molar-refractivity contribution in [2.45, 2.75) is 186 Å². The maximum absolute atomic E-state index is 16.1. The number of urea groups is 1. The van der Waals surface area contributed by atoms with Gasteiger partial charge in [-0.15, -0.1) is 0 Å². The lowest BCUT2D eigenvalue weighted by molar-refractivity contribution is -0.347. The number of ketones is 1. The number of nitrogens with zero attached hydrogens (tertiary/aromatic N) is 2. The molecule has 35 heteroatoms. The Kier molecular flexibility index (Phi) is 28.7. The molecule has 0 unspecified atom stereocenters. The number of carbonyl (C=O) groups is 12. The molecule has 1 aliphatic heterocycles. The first kappa shape index (κ1) is 86.4. The van der Waals surface area contributed by atoms with Crippen molar-refractivity contribution in [2.75, 3.05) is 65.1 Å². The number of methoxy groups -OCH3 is 2. The molecule has 0 aromatic heterocycles. The average molecular weight is 1550 g/mol. The van der Waals surface area contributed by atoms with Crippen LogP contribution >= 0.6 is 0 Å². The summed E-state index contributed by atoms with van der Waals surface area (Å²) in [6, 6.07) is 16.3. The molecule has 3 aliphatic carbocycles. The van der Waals surface area contributed by atoms with Gasteiger partial charge < -0.3 is 95.0 Å². The number of anilines is 1. The van der Waals surface area contributed by atoms with E-state index in [4.69, 9.17) is 53.5 Å². The van der Waals surface area contributed by atoms with E-state index in [9.17, 15) is 61.2 Å². The van der Waals surface area contributed by atoms with Gasteiger partial charge >= 0.3 is 48.2 Å². The highest BCUT2D eigenvalue weighted by Crippen LogP contribution is 2.65. The summed E-state index contributed by atoms with van der Waals surface area (Å²) in [6.45, 7) is 12.8. The number of nitrogens with two attached hydrogens (primary N) is 1. The third-order valence-electron chi connectivity index (χ3n) is 20.2. The summed E-state index contributed by atoms with van der Waals surface area (Å²) >= 11 is 0. The molecule has 598 valence electrons. The molecule has 8 amide bonds. The zero-order valence-electron chi connectivity index (χ0n) is 63.2. The number of aliphatic carboxylic acids is 1. The molecule has 1 saturated heterocycles. The summed E-state index contributed by atoms with van der Waals surface area (Å²) in [6.07, 6.45) is -14.6. The smallest absolute Gasteiger partial charge is 0.410 e. The first-order valence-corrected chi connectivity index (χ1v) is 37.0. The summed E-state index contributed by atoms with van der Waals surface area (Å²) in [5.41, 5.74) is -2.88. The van der Waals surface area contributed by atoms with Gasteiger partial charge in [-0.1, -0.05) is 88.4 Å². The molecule has 10 N–H and O–H groups in total. The largest absolute Gasteiger partial charge is 0.481 e. The van der Waals surface area contributed by atoms with Crippen molar-refractivity contribution in [1.29, 1.82) is 0 Å². The minimum atomic E-state index is -4.88. The number of ether oxygens (including phenoxy) is 9. The number of nitrogens with one attached hydrogen (secondary N) is 5. The standard InChI is InChI=1S/C74H100N8O26S/c1-41(2)55(79-52(84)30-31-53(85)86)63(89)78-48(25-20-32-76-66(75)92)62(88)77-47-28-26-44(27-29-47)39-102-68(94)81(11)33-34-82(35-36-109(97,98)99)69(95)105-58(56(45-21-16-14-17-22-45)80-67(93)108-70(5,6)7)65(91)104-49-38-74(96)61(106-64(90)46-23-18-15-19-24-46)59-72(10,60(87)57(101-13)54(42(49)3)71(74,8)9)50(100-12)37-51-73(59,40-103-51)107-43(4)83/h14-19,21-24,26-29,41,48-51,55-59,61,96H,20,25,30-40H2,1-13H3,(H,77,88)(H,78,89)(H,79,84)(H,80,93)(H,85,86)(H3,75,76,92)(H,97,98,99)/t48-,49-,50-,51+,55-,56-,57+,58+,59-,61-,72+,73-,74+/m0/s1. The molecule has 4 aliphatic rings. The van der Waals surface area contributed by atoms with E-state index < -0.39 is 221 Å². The van der Waals surface area contributed by atoms with Gasteiger partial charge in [-0.2, -0.15) is 8.42 Å². The van der Waals surface area contributed by atoms with Gasteiger partial charge in [0.05, 0.1) is 41.8 Å². The lowest BCUT2D eigenvalue weighted by Crippen LogP contribution is -2.82. The average Bonchev–Trinajstić information content (AvgIpc) is 0.668. The van der Waals surface area contributed by atoms with Gasteiger partial charge in [0.2, 0.25) is 23.8 Å². The van der Waals surface area contributed by atoms with Crippen molar-refractivity contribution < 1.29 is 123 Å². The predicted molar refractivity (Wildman–Crippen MR) is 386 cm³/mol. The number of benzene rings is 3. The molecule has 3 fully saturated rings. The van der Waals surface area contributed by atoms with Crippen LogP contribution in [0, 0.1) is 22.7 Å². The van der Waals surface area contributed by atoms with Crippen LogP contribution in [0.4, 0.5) is 24.9 Å². The summed E-state index contributed by atoms with van der Waals surface area (Å²) in [7, 11) is -0.994. The number of likely N-dealkylation sites (N-methyl/N-ethyl adjacent to an activating group) is 1. The molecule has 2 saturated carbocycles. The molecular weight excluding hydrogens is 1450 g/mol. The predicted octanol–water partition coefficient (Wildman–Crippen LogP) is 5.05. The van der Waals surface area contributed by atoms with E-state index in [1.54, 1.807) is 79.7 Å². The molecule has 13 atom stereocenters. The van der Waals surface area contributed by atoms with Crippen molar-refractivity contribution >= 4 is 87.5 Å². The van der Waals surface area contributed by atoms with E-state index in [0.29, 0.717) is 5.56 Å². The van der Waals surface area contributed by atoms with E-state index >= 15 is 14.4 Å². The molecule has 0 spiro atoms. The van der Waals surface area contributed by atoms with Crippen LogP contribution < -0.4 is 32.3 Å². The lowest BCUT2D eigenvalue weighted by atomic mass is 9.44. The summed E-state index contributed by atoms with van der Waals surface area (Å²) in [5, 5.41) is 36.1. The Morgan fingerprint density at radius 1 is 0.817 bits per heavy atom. The number of hydrogen-bond acceptors (Lipinski definition) is 24. The van der Waals surface area contributed by atoms with Crippen LogP contribution in [0.3, 0.4) is 0 Å². The van der Waals surface area contributed by atoms with Gasteiger partial charge in [-0.25, -0.2) is 28.8 Å². The van der Waals surface area contributed by atoms with Crippen LogP contribution in [0.15, 0.2) is 96.1 Å². The number of amides is 8. The second-order valence-corrected chi connectivity index (χ2v) is 31.0. The van der Waals surface area contributed by atoms with Crippen molar-refractivity contribution in [1.82, 2.24) is 31.1 Å². The zero-order valence-corrected chi connectivity index (χ0v) is 64.1. The minimum absolute atomic E-state index is 0.00804. The number of fused-ring (bicyclic) bond motifs is 5. The zero-order chi connectivity index (χ0) is 80.9. The molecule has 3 aromatic rings. The molecule has 34 nitrogen and oxygen atoms in total. The van der Waals surface area contributed by atoms with E-state index in [-0.39, 0.29) is 67.0 Å². The number of rotatable bonds is 32. The molecule has 2 bridgehead atoms. The second-order valence-electron chi connectivity index (χ2n) is 29.5. The fraction of sp³-hybridized carbons (Fsp3) is 0.568. The first-order valence-electron chi connectivity index (χ1n) is 35.4. The fourth-order valence-corrected chi connectivity index (χ4v) is 14.9. The molecule has 1 heterocycles. The molecule has 109 heavy (non-hydrogen) atoms. The Bertz CT molecular complexity index is 3990. The number of esters is 3. The van der Waals surface area contributed by atoms with Crippen LogP contribution in [-0.4, -0.2) is 230 Å². The van der Waals surface area contributed by atoms with Crippen molar-refractivity contribution in [3.8, 4) is 0 Å². The highest BCUT2D eigenvalue weighted by atomic mass is 32.2. The Morgan fingerprint density at radius 3 is 2.02 bits per heavy atom. The number of carboxylic acids is 1. The quantitative estimate of drug-likeness (QED) is 0.0130. The Hall–Kier alpha value is -9.81. The van der Waals surface area contributed by atoms with Gasteiger partial charge in [0.15, 0.2) is 11.4 Å². The fourth-order valence-electron chi connectivity index (χ4n) is 14.5. The van der Waals surface area contributed by atoms with Crippen LogP contribution in [0.1, 0.15) is 135 Å². The molecule has 3 aromatic carbocycles. The van der Waals surface area contributed by atoms with Crippen LogP contribution in [-0.2, 0) is 92.9 Å². The van der Waals surface area contributed by atoms with Crippen molar-refractivity contribution in [2.24, 2.45) is 28.4 Å². The SMILES string of the molecule is CO[C@H]1C(=O)[C@]2(C)[C@@H](OC)C[C@H]3OC[C@@]3(OC(C)=O)[C@H]2[C@H](OC(=O)c2ccccc2)[C@]2(O)C[C@H](OC(=O)[C@H](OC(=O)N(CCN(C)C(=O)OCc3ccc(NC(=O)[C@H](CCCNC(N)=O)NC(=O)[C@@H](NC(=O)CCC(=O)O)C(C)C)cc3)CCS(=O)(=O)O)[C@@H](NC(=O)OC(C)(C)C)c3ccccc3)C(C)=C1C2(C)C. The third kappa shape index (κ3) is 21.0. The Balaban J connectivity index is 1.18. The van der Waals surface area contributed by atoms with Crippen molar-refractivity contribution in [3.05, 3.63) is 113 Å². The lowest BCUT2D eigenvalue weighted by Gasteiger charge is -2.67. The second kappa shape index (κ2) is 36.1. The van der Waals surface area contributed by atoms with E-state index in [2.05, 4.69) is 26.6 Å². The first-order chi connectivity index (χ1) is 51.0. The normalized spacial score (nSPS) is 23.8. The summed E-state index contributed by atoms with van der Waals surface area (Å²) < 4.78 is 90.1. The monoisotopic (exact) mass is 1550 g/mol. The van der Waals surface area contributed by atoms with Crippen molar-refractivity contribution in [3.63, 3.8) is 0 Å². The summed E-state index contributed by atoms with van der Waals surface area (Å²) in [5.74, 6) is -10.4. The van der Waals surface area contributed by atoms with Gasteiger partial charge in [-0.05, 0) is 99.9 Å². The number of aliphatic hydroxyl groups is 1. The van der Waals surface area contributed by atoms with Crippen LogP contribution in [0.5, 0.6) is 0 Å². The number of alkyl carbamates (subject to hydrolysis) is 1. The summed E-state index contributed by atoms with van der Waals surface area (Å²) in [4.78, 5) is 167. The van der Waals surface area contributed by atoms with E-state index in [1.807, 2.05) is 0 Å². The maximum Gasteiger partial charge on any atom is 0.410 e. The van der Waals surface area contributed by atoms with E-state index in [1.165, 1.54) is 88.9 Å². The molecule has 0 radical (unpaired) electrons. The number of carboxylic acid groups (broad SMARTS) is 1. The minimum Gasteiger partial charge on any atom is -0.481 e. The number of primary amides is 1. The van der Waals surface area contributed by atoms with Gasteiger partial charge in [0.1, 0.15) is 60.4 Å². The van der Waals surface area contributed by atoms with Gasteiger partial charge in [-0.3, -0.25) is 33.3 Å². The van der Waals surface area contributed by atoms with E-state index in [0.717, 1.165) is 16.7 Å². The number of Topliss-reactive ketones (excluding diaryl/α,β-unsaturated/α-hetero) is 1. The maximum atomic E-state index is 16.1. The topological polar surface area (TPSA) is 475 Å². The highest BCUT2D eigenvalue weighted by molar-refractivity contribution is 7.85. The van der Waals surface area contributed by atoms with Gasteiger partial charge in [0.25, 0.3) is 10.1 Å². The number of carbonyl (C=O) groups excluding carboxylic acids is 11. The molecular formula is C74H100N8O26S. The highest BCUT2D eigenvalue weighted by Gasteiger charge is 2.78. The Labute approximate surface area is 631 Å². The van der Waals surface area contributed by atoms with Crippen LogP contribution in [0.2, 0.25) is 0 Å². The Morgan fingerprint density at radius 2 is 1.46 bits per heavy atom.